The molecule has 0 aromatic carbocycles. The molecule has 1 saturated carbocycles. The second kappa shape index (κ2) is 9.92. The Kier molecular flexibility index (Phi) is 8.19. The van der Waals surface area contributed by atoms with Gasteiger partial charge in [0.25, 0.3) is 0 Å². The molecule has 3 aliphatic rings. The zero-order valence-corrected chi connectivity index (χ0v) is 18.5. The summed E-state index contributed by atoms with van der Waals surface area (Å²) >= 11 is 0. The van der Waals surface area contributed by atoms with Crippen LogP contribution in [0.15, 0.2) is 17.6 Å². The maximum atomic E-state index is 11.9. The summed E-state index contributed by atoms with van der Waals surface area (Å²) in [4.78, 5) is 23.2. The highest BCUT2D eigenvalue weighted by Crippen LogP contribution is 2.38. The van der Waals surface area contributed by atoms with Gasteiger partial charge in [-0.1, -0.05) is 6.08 Å². The standard InChI is InChI=1S/C19H33N5O.HI/c1-4-10-20-19(21-13-18(25)22(2)3)23-12-9-17-15(14-23)6-5-11-24(17)16-7-8-16;/h4,15-17H,1,5-14H2,2-3H3,(H,20,21);1H. The third kappa shape index (κ3) is 5.34. The minimum absolute atomic E-state index is 0. The lowest BCUT2D eigenvalue weighted by molar-refractivity contribution is -0.127. The van der Waals surface area contributed by atoms with E-state index in [0.29, 0.717) is 6.54 Å². The van der Waals surface area contributed by atoms with Crippen molar-refractivity contribution in [3.05, 3.63) is 12.7 Å². The molecule has 7 heteroatoms. The predicted molar refractivity (Wildman–Crippen MR) is 117 cm³/mol. The van der Waals surface area contributed by atoms with E-state index in [1.165, 1.54) is 38.6 Å². The van der Waals surface area contributed by atoms with Gasteiger partial charge in [-0.2, -0.15) is 0 Å². The molecule has 1 N–H and O–H groups in total. The van der Waals surface area contributed by atoms with Gasteiger partial charge in [0.2, 0.25) is 5.91 Å². The lowest BCUT2D eigenvalue weighted by Gasteiger charge is -2.48. The number of amides is 1. The van der Waals surface area contributed by atoms with Crippen molar-refractivity contribution in [1.29, 1.82) is 0 Å². The number of fused-ring (bicyclic) bond motifs is 1. The first kappa shape index (κ1) is 21.5. The topological polar surface area (TPSA) is 51.2 Å². The smallest absolute Gasteiger partial charge is 0.243 e. The summed E-state index contributed by atoms with van der Waals surface area (Å²) in [6.45, 7) is 8.02. The molecule has 26 heavy (non-hydrogen) atoms. The Bertz CT molecular complexity index is 520. The van der Waals surface area contributed by atoms with Gasteiger partial charge in [-0.05, 0) is 44.6 Å². The summed E-state index contributed by atoms with van der Waals surface area (Å²) in [5, 5.41) is 3.35. The molecule has 6 nitrogen and oxygen atoms in total. The van der Waals surface area contributed by atoms with Gasteiger partial charge < -0.3 is 15.1 Å². The number of halogens is 1. The van der Waals surface area contributed by atoms with Crippen molar-refractivity contribution in [2.24, 2.45) is 10.9 Å². The molecule has 1 aliphatic carbocycles. The number of aliphatic imine (C=N–C) groups is 1. The minimum atomic E-state index is 0. The van der Waals surface area contributed by atoms with Crippen LogP contribution >= 0.6 is 24.0 Å². The maximum Gasteiger partial charge on any atom is 0.243 e. The second-order valence-corrected chi connectivity index (χ2v) is 7.77. The number of likely N-dealkylation sites (tertiary alicyclic amines) is 2. The summed E-state index contributed by atoms with van der Waals surface area (Å²) in [7, 11) is 3.55. The van der Waals surface area contributed by atoms with E-state index in [4.69, 9.17) is 0 Å². The van der Waals surface area contributed by atoms with Gasteiger partial charge in [-0.25, -0.2) is 4.99 Å². The van der Waals surface area contributed by atoms with Crippen molar-refractivity contribution in [1.82, 2.24) is 20.0 Å². The van der Waals surface area contributed by atoms with Crippen molar-refractivity contribution in [2.45, 2.75) is 44.2 Å². The number of nitrogens with zero attached hydrogens (tertiary/aromatic N) is 4. The Hall–Kier alpha value is -0.830. The van der Waals surface area contributed by atoms with Crippen LogP contribution in [0.4, 0.5) is 0 Å². The van der Waals surface area contributed by atoms with E-state index in [0.717, 1.165) is 37.1 Å². The third-order valence-electron chi connectivity index (χ3n) is 5.69. The lowest BCUT2D eigenvalue weighted by atomic mass is 9.83. The molecule has 0 aromatic heterocycles. The van der Waals surface area contributed by atoms with Crippen LogP contribution in [-0.4, -0.2) is 85.5 Å². The molecule has 2 heterocycles. The Balaban J connectivity index is 0.00000243. The second-order valence-electron chi connectivity index (χ2n) is 7.77. The molecular formula is C19H34IN5O. The lowest BCUT2D eigenvalue weighted by Crippen LogP contribution is -2.57. The van der Waals surface area contributed by atoms with Crippen molar-refractivity contribution < 1.29 is 4.79 Å². The number of likely N-dealkylation sites (N-methyl/N-ethyl adjacent to an activating group) is 1. The Morgan fingerprint density at radius 1 is 1.27 bits per heavy atom. The normalized spacial score (nSPS) is 26.5. The fourth-order valence-corrected chi connectivity index (χ4v) is 4.21. The van der Waals surface area contributed by atoms with Crippen LogP contribution in [0, 0.1) is 5.92 Å². The summed E-state index contributed by atoms with van der Waals surface area (Å²) in [6.07, 6.45) is 8.47. The Morgan fingerprint density at radius 3 is 2.69 bits per heavy atom. The van der Waals surface area contributed by atoms with Crippen LogP contribution in [0.5, 0.6) is 0 Å². The molecule has 1 amide bonds. The van der Waals surface area contributed by atoms with E-state index in [2.05, 4.69) is 26.7 Å². The Morgan fingerprint density at radius 2 is 2.04 bits per heavy atom. The van der Waals surface area contributed by atoms with E-state index < -0.39 is 0 Å². The number of guanidine groups is 1. The van der Waals surface area contributed by atoms with Crippen LogP contribution in [0.2, 0.25) is 0 Å². The van der Waals surface area contributed by atoms with Gasteiger partial charge in [-0.3, -0.25) is 9.69 Å². The molecule has 0 aromatic rings. The average molecular weight is 475 g/mol. The van der Waals surface area contributed by atoms with Crippen LogP contribution in [0.25, 0.3) is 0 Å². The van der Waals surface area contributed by atoms with Crippen LogP contribution in [0.3, 0.4) is 0 Å². The third-order valence-corrected chi connectivity index (χ3v) is 5.69. The van der Waals surface area contributed by atoms with E-state index in [9.17, 15) is 4.79 Å². The highest BCUT2D eigenvalue weighted by molar-refractivity contribution is 14.0. The quantitative estimate of drug-likeness (QED) is 0.285. The fourth-order valence-electron chi connectivity index (χ4n) is 4.21. The van der Waals surface area contributed by atoms with Crippen molar-refractivity contribution >= 4 is 35.8 Å². The molecule has 0 spiro atoms. The van der Waals surface area contributed by atoms with E-state index in [1.807, 2.05) is 6.08 Å². The number of carbonyl (C=O) groups is 1. The molecule has 148 valence electrons. The maximum absolute atomic E-state index is 11.9. The summed E-state index contributed by atoms with van der Waals surface area (Å²) < 4.78 is 0. The van der Waals surface area contributed by atoms with Crippen molar-refractivity contribution in [2.75, 3.05) is 46.8 Å². The average Bonchev–Trinajstić information content (AvgIpc) is 3.45. The number of nitrogens with one attached hydrogen (secondary N) is 1. The van der Waals surface area contributed by atoms with Crippen LogP contribution in [0.1, 0.15) is 32.1 Å². The van der Waals surface area contributed by atoms with Crippen LogP contribution < -0.4 is 5.32 Å². The molecule has 2 unspecified atom stereocenters. The molecule has 0 bridgehead atoms. The molecule has 3 fully saturated rings. The summed E-state index contributed by atoms with van der Waals surface area (Å²) in [5.74, 6) is 1.62. The number of piperidine rings is 2. The molecule has 0 radical (unpaired) electrons. The van der Waals surface area contributed by atoms with Crippen molar-refractivity contribution in [3.63, 3.8) is 0 Å². The van der Waals surface area contributed by atoms with Crippen molar-refractivity contribution in [3.8, 4) is 0 Å². The zero-order valence-electron chi connectivity index (χ0n) is 16.2. The summed E-state index contributed by atoms with van der Waals surface area (Å²) in [5.41, 5.74) is 0. The zero-order chi connectivity index (χ0) is 17.8. The molecule has 2 atom stereocenters. The van der Waals surface area contributed by atoms with E-state index >= 15 is 0 Å². The summed E-state index contributed by atoms with van der Waals surface area (Å²) in [6, 6.07) is 1.62. The molecule has 2 aliphatic heterocycles. The SMILES string of the molecule is C=CCNC(=NCC(=O)N(C)C)N1CCC2C(CCCN2C2CC2)C1.I. The number of carbonyl (C=O) groups excluding carboxylic acids is 1. The molecule has 2 saturated heterocycles. The highest BCUT2D eigenvalue weighted by atomic mass is 127. The monoisotopic (exact) mass is 475 g/mol. The number of hydrogen-bond acceptors (Lipinski definition) is 3. The van der Waals surface area contributed by atoms with Gasteiger partial charge in [0.1, 0.15) is 6.54 Å². The predicted octanol–water partition coefficient (Wildman–Crippen LogP) is 1.77. The van der Waals surface area contributed by atoms with E-state index in [1.54, 1.807) is 19.0 Å². The van der Waals surface area contributed by atoms with Crippen LogP contribution in [-0.2, 0) is 4.79 Å². The fraction of sp³-hybridized carbons (Fsp3) is 0.789. The number of rotatable bonds is 5. The van der Waals surface area contributed by atoms with Gasteiger partial charge >= 0.3 is 0 Å². The van der Waals surface area contributed by atoms with Gasteiger partial charge in [0.05, 0.1) is 0 Å². The van der Waals surface area contributed by atoms with Gasteiger partial charge in [0.15, 0.2) is 5.96 Å². The molecule has 3 rings (SSSR count). The van der Waals surface area contributed by atoms with Gasteiger partial charge in [0, 0.05) is 45.8 Å². The number of hydrogen-bond donors (Lipinski definition) is 1. The first-order chi connectivity index (χ1) is 12.1. The first-order valence-corrected chi connectivity index (χ1v) is 9.70. The largest absolute Gasteiger partial charge is 0.353 e. The minimum Gasteiger partial charge on any atom is -0.353 e. The van der Waals surface area contributed by atoms with Gasteiger partial charge in [-0.15, -0.1) is 30.6 Å². The highest BCUT2D eigenvalue weighted by Gasteiger charge is 2.42. The molecular weight excluding hydrogens is 441 g/mol. The van der Waals surface area contributed by atoms with E-state index in [-0.39, 0.29) is 36.4 Å². The first-order valence-electron chi connectivity index (χ1n) is 9.70. The Labute approximate surface area is 175 Å².